The van der Waals surface area contributed by atoms with Gasteiger partial charge in [0.15, 0.2) is 5.78 Å². The van der Waals surface area contributed by atoms with Gasteiger partial charge in [0.05, 0.1) is 9.92 Å². The maximum Gasteiger partial charge on any atom is 0.261 e. The molecule has 0 saturated carbocycles. The minimum absolute atomic E-state index is 0.131. The molecule has 1 aromatic rings. The Hall–Kier alpha value is -0.580. The molecule has 14 heavy (non-hydrogen) atoms. The van der Waals surface area contributed by atoms with Crippen molar-refractivity contribution in [3.63, 3.8) is 0 Å². The lowest BCUT2D eigenvalue weighted by Gasteiger charge is -2.01. The molecular weight excluding hydrogens is 247 g/mol. The van der Waals surface area contributed by atoms with Crippen molar-refractivity contribution in [2.45, 2.75) is 11.8 Å². The van der Waals surface area contributed by atoms with Crippen molar-refractivity contribution in [1.29, 1.82) is 0 Å². The molecule has 0 saturated heterocycles. The molecule has 0 N–H and O–H groups in total. The van der Waals surface area contributed by atoms with Crippen molar-refractivity contribution in [3.05, 3.63) is 28.8 Å². The maximum atomic E-state index is 11.0. The summed E-state index contributed by atoms with van der Waals surface area (Å²) in [7, 11) is 1.29. The average Bonchev–Trinajstić information content (AvgIpc) is 2.02. The quantitative estimate of drug-likeness (QED) is 0.601. The second kappa shape index (κ2) is 3.88. The van der Waals surface area contributed by atoms with Crippen molar-refractivity contribution in [2.75, 3.05) is 0 Å². The first-order valence-electron chi connectivity index (χ1n) is 3.57. The van der Waals surface area contributed by atoms with E-state index in [1.165, 1.54) is 19.1 Å². The number of hydrogen-bond acceptors (Lipinski definition) is 3. The minimum Gasteiger partial charge on any atom is -0.294 e. The largest absolute Gasteiger partial charge is 0.294 e. The summed E-state index contributed by atoms with van der Waals surface area (Å²) >= 11 is 5.68. The first-order chi connectivity index (χ1) is 6.32. The zero-order valence-electron chi connectivity index (χ0n) is 7.12. The standard InChI is InChI=1S/C8H6Cl2O3S/c1-5(11)7-4-6(14(10,12)13)2-3-8(7)9/h2-4H,1H3. The molecule has 0 fully saturated rings. The highest BCUT2D eigenvalue weighted by Gasteiger charge is 2.14. The third kappa shape index (κ3) is 2.47. The van der Waals surface area contributed by atoms with Crippen LogP contribution in [0.15, 0.2) is 23.1 Å². The Morgan fingerprint density at radius 1 is 1.36 bits per heavy atom. The van der Waals surface area contributed by atoms with Crippen molar-refractivity contribution < 1.29 is 13.2 Å². The Labute approximate surface area is 91.1 Å². The van der Waals surface area contributed by atoms with Crippen LogP contribution >= 0.6 is 22.3 Å². The number of ketones is 1. The number of hydrogen-bond donors (Lipinski definition) is 0. The van der Waals surface area contributed by atoms with Crippen LogP contribution in [0.3, 0.4) is 0 Å². The van der Waals surface area contributed by atoms with Gasteiger partial charge in [-0.1, -0.05) is 11.6 Å². The van der Waals surface area contributed by atoms with Crippen LogP contribution in [-0.4, -0.2) is 14.2 Å². The molecule has 76 valence electrons. The topological polar surface area (TPSA) is 51.2 Å². The molecule has 0 bridgehead atoms. The van der Waals surface area contributed by atoms with Gasteiger partial charge in [0.25, 0.3) is 9.05 Å². The van der Waals surface area contributed by atoms with Gasteiger partial charge in [-0.25, -0.2) is 8.42 Å². The van der Waals surface area contributed by atoms with Crippen LogP contribution in [0.5, 0.6) is 0 Å². The molecule has 6 heteroatoms. The summed E-state index contributed by atoms with van der Waals surface area (Å²) in [6, 6.07) is 3.73. The summed E-state index contributed by atoms with van der Waals surface area (Å²) in [6.07, 6.45) is 0. The average molecular weight is 253 g/mol. The SMILES string of the molecule is CC(=O)c1cc(S(=O)(=O)Cl)ccc1Cl. The first-order valence-corrected chi connectivity index (χ1v) is 6.26. The van der Waals surface area contributed by atoms with Crippen LogP contribution in [-0.2, 0) is 9.05 Å². The Bertz CT molecular complexity index is 479. The molecule has 0 radical (unpaired) electrons. The van der Waals surface area contributed by atoms with E-state index >= 15 is 0 Å². The maximum absolute atomic E-state index is 11.0. The van der Waals surface area contributed by atoms with Crippen LogP contribution in [0.2, 0.25) is 5.02 Å². The fraction of sp³-hybridized carbons (Fsp3) is 0.125. The molecule has 0 heterocycles. The molecule has 0 aromatic heterocycles. The highest BCUT2D eigenvalue weighted by molar-refractivity contribution is 8.13. The summed E-state index contributed by atoms with van der Waals surface area (Å²) < 4.78 is 21.9. The van der Waals surface area contributed by atoms with Crippen LogP contribution < -0.4 is 0 Å². The van der Waals surface area contributed by atoms with Gasteiger partial charge in [-0.3, -0.25) is 4.79 Å². The van der Waals surface area contributed by atoms with Crippen LogP contribution in [0.25, 0.3) is 0 Å². The Morgan fingerprint density at radius 2 is 1.93 bits per heavy atom. The molecule has 0 unspecified atom stereocenters. The molecule has 0 spiro atoms. The Kier molecular flexibility index (Phi) is 3.19. The van der Waals surface area contributed by atoms with Crippen LogP contribution in [0.1, 0.15) is 17.3 Å². The van der Waals surface area contributed by atoms with E-state index < -0.39 is 9.05 Å². The van der Waals surface area contributed by atoms with Gasteiger partial charge < -0.3 is 0 Å². The fourth-order valence-electron chi connectivity index (χ4n) is 0.926. The normalized spacial score (nSPS) is 11.4. The number of carbonyl (C=O) groups excluding carboxylic acids is 1. The minimum atomic E-state index is -3.81. The van der Waals surface area contributed by atoms with Crippen molar-refractivity contribution in [1.82, 2.24) is 0 Å². The number of carbonyl (C=O) groups is 1. The predicted octanol–water partition coefficient (Wildman–Crippen LogP) is 2.47. The van der Waals surface area contributed by atoms with Gasteiger partial charge in [-0.2, -0.15) is 0 Å². The molecule has 0 aliphatic carbocycles. The molecule has 3 nitrogen and oxygen atoms in total. The molecule has 1 rings (SSSR count). The first kappa shape index (κ1) is 11.5. The Morgan fingerprint density at radius 3 is 2.36 bits per heavy atom. The lowest BCUT2D eigenvalue weighted by molar-refractivity contribution is 0.101. The van der Waals surface area contributed by atoms with Gasteiger partial charge in [0.2, 0.25) is 0 Å². The van der Waals surface area contributed by atoms with E-state index in [1.807, 2.05) is 0 Å². The van der Waals surface area contributed by atoms with Crippen LogP contribution in [0, 0.1) is 0 Å². The molecule has 0 aliphatic rings. The van der Waals surface area contributed by atoms with Gasteiger partial charge in [0.1, 0.15) is 0 Å². The van der Waals surface area contributed by atoms with Gasteiger partial charge in [-0.05, 0) is 25.1 Å². The second-order valence-electron chi connectivity index (χ2n) is 2.64. The number of benzene rings is 1. The van der Waals surface area contributed by atoms with Crippen molar-refractivity contribution in [2.24, 2.45) is 0 Å². The van der Waals surface area contributed by atoms with E-state index in [0.29, 0.717) is 0 Å². The van der Waals surface area contributed by atoms with Gasteiger partial charge in [-0.15, -0.1) is 0 Å². The molecular formula is C8H6Cl2O3S. The van der Waals surface area contributed by atoms with Crippen molar-refractivity contribution in [3.8, 4) is 0 Å². The third-order valence-electron chi connectivity index (χ3n) is 1.60. The van der Waals surface area contributed by atoms with E-state index in [-0.39, 0.29) is 21.3 Å². The smallest absolute Gasteiger partial charge is 0.261 e. The van der Waals surface area contributed by atoms with E-state index in [4.69, 9.17) is 22.3 Å². The van der Waals surface area contributed by atoms with Crippen molar-refractivity contribution >= 4 is 37.1 Å². The highest BCUT2D eigenvalue weighted by Crippen LogP contribution is 2.22. The van der Waals surface area contributed by atoms with Gasteiger partial charge in [0, 0.05) is 16.2 Å². The highest BCUT2D eigenvalue weighted by atomic mass is 35.7. The molecule has 0 amide bonds. The van der Waals surface area contributed by atoms with Gasteiger partial charge >= 0.3 is 0 Å². The number of Topliss-reactive ketones (excluding diaryl/α,β-unsaturated/α-hetero) is 1. The van der Waals surface area contributed by atoms with E-state index in [0.717, 1.165) is 6.07 Å². The summed E-state index contributed by atoms with van der Waals surface area (Å²) in [5.74, 6) is -0.308. The number of rotatable bonds is 2. The summed E-state index contributed by atoms with van der Waals surface area (Å²) in [5, 5.41) is 0.210. The molecule has 0 atom stereocenters. The Balaban J connectivity index is 3.42. The van der Waals surface area contributed by atoms with E-state index in [1.54, 1.807) is 0 Å². The summed E-state index contributed by atoms with van der Waals surface area (Å²) in [6.45, 7) is 1.30. The van der Waals surface area contributed by atoms with E-state index in [2.05, 4.69) is 0 Å². The summed E-state index contributed by atoms with van der Waals surface area (Å²) in [5.41, 5.74) is 0.147. The monoisotopic (exact) mass is 252 g/mol. The molecule has 1 aromatic carbocycles. The molecule has 0 aliphatic heterocycles. The fourth-order valence-corrected chi connectivity index (χ4v) is 1.95. The second-order valence-corrected chi connectivity index (χ2v) is 5.61. The van der Waals surface area contributed by atoms with Crippen LogP contribution in [0.4, 0.5) is 0 Å². The third-order valence-corrected chi connectivity index (χ3v) is 3.28. The zero-order valence-corrected chi connectivity index (χ0v) is 9.45. The predicted molar refractivity (Wildman–Crippen MR) is 54.5 cm³/mol. The zero-order chi connectivity index (χ0) is 10.9. The lowest BCUT2D eigenvalue weighted by atomic mass is 10.1. The van der Waals surface area contributed by atoms with E-state index in [9.17, 15) is 13.2 Å². The summed E-state index contributed by atoms with van der Waals surface area (Å²) in [4.78, 5) is 10.9. The number of halogens is 2. The lowest BCUT2D eigenvalue weighted by Crippen LogP contribution is -1.97.